The molecule has 2 aliphatic carbocycles. The molecule has 17 heavy (non-hydrogen) atoms. The van der Waals surface area contributed by atoms with Gasteiger partial charge >= 0.3 is 0 Å². The van der Waals surface area contributed by atoms with Crippen molar-refractivity contribution in [2.45, 2.75) is 51.9 Å². The van der Waals surface area contributed by atoms with E-state index in [1.807, 2.05) is 0 Å². The Balaban J connectivity index is 1.55. The number of hydrogen-bond donors (Lipinski definition) is 0. The van der Waals surface area contributed by atoms with Gasteiger partial charge < -0.3 is 4.90 Å². The van der Waals surface area contributed by atoms with Crippen LogP contribution < -0.4 is 0 Å². The van der Waals surface area contributed by atoms with Gasteiger partial charge in [-0.05, 0) is 49.9 Å². The minimum atomic E-state index is 0.448. The van der Waals surface area contributed by atoms with E-state index in [-0.39, 0.29) is 0 Å². The maximum atomic E-state index is 12.4. The molecule has 1 aliphatic heterocycles. The molecule has 0 radical (unpaired) electrons. The molecule has 1 amide bonds. The van der Waals surface area contributed by atoms with Crippen molar-refractivity contribution < 1.29 is 4.79 Å². The van der Waals surface area contributed by atoms with E-state index in [0.717, 1.165) is 30.8 Å². The quantitative estimate of drug-likeness (QED) is 0.736. The van der Waals surface area contributed by atoms with E-state index in [1.54, 1.807) is 0 Å². The third-order valence-electron chi connectivity index (χ3n) is 5.22. The molecule has 3 unspecified atom stereocenters. The first-order chi connectivity index (χ1) is 8.31. The Morgan fingerprint density at radius 2 is 1.94 bits per heavy atom. The van der Waals surface area contributed by atoms with Crippen LogP contribution in [0.4, 0.5) is 0 Å². The lowest BCUT2D eigenvalue weighted by Gasteiger charge is -2.33. The van der Waals surface area contributed by atoms with Gasteiger partial charge in [0.1, 0.15) is 0 Å². The van der Waals surface area contributed by atoms with Crippen LogP contribution in [0.25, 0.3) is 0 Å². The summed E-state index contributed by atoms with van der Waals surface area (Å²) >= 11 is 0. The van der Waals surface area contributed by atoms with Crippen LogP contribution >= 0.6 is 0 Å². The zero-order valence-corrected chi connectivity index (χ0v) is 11.0. The van der Waals surface area contributed by atoms with Gasteiger partial charge in [-0.1, -0.05) is 19.8 Å². The lowest BCUT2D eigenvalue weighted by molar-refractivity contribution is -0.135. The van der Waals surface area contributed by atoms with Crippen LogP contribution in [0.5, 0.6) is 0 Å². The Hall–Kier alpha value is -0.530. The molecule has 3 atom stereocenters. The van der Waals surface area contributed by atoms with Crippen molar-refractivity contribution in [1.82, 2.24) is 4.90 Å². The number of piperidine rings is 1. The van der Waals surface area contributed by atoms with Crippen LogP contribution in [-0.2, 0) is 4.79 Å². The second-order valence-corrected chi connectivity index (χ2v) is 6.37. The zero-order valence-electron chi connectivity index (χ0n) is 11.0. The fourth-order valence-electron chi connectivity index (χ4n) is 4.31. The summed E-state index contributed by atoms with van der Waals surface area (Å²) in [7, 11) is 0. The van der Waals surface area contributed by atoms with E-state index < -0.39 is 0 Å². The number of carbonyl (C=O) groups excluding carboxylic acids is 1. The van der Waals surface area contributed by atoms with Gasteiger partial charge in [0.05, 0.1) is 0 Å². The van der Waals surface area contributed by atoms with Crippen LogP contribution in [0.3, 0.4) is 0 Å². The standard InChI is InChI=1S/C15H25NO/c1-2-5-11-6-4-9-16(10-11)15(17)14-12-7-3-8-13(12)14/h11-14H,2-10H2,1H3. The summed E-state index contributed by atoms with van der Waals surface area (Å²) in [4.78, 5) is 14.7. The average Bonchev–Trinajstić information content (AvgIpc) is 2.82. The van der Waals surface area contributed by atoms with E-state index in [9.17, 15) is 4.79 Å². The maximum absolute atomic E-state index is 12.4. The van der Waals surface area contributed by atoms with E-state index in [2.05, 4.69) is 11.8 Å². The number of rotatable bonds is 3. The Morgan fingerprint density at radius 3 is 2.65 bits per heavy atom. The molecular formula is C15H25NO. The molecule has 0 aromatic rings. The molecule has 96 valence electrons. The van der Waals surface area contributed by atoms with E-state index in [1.165, 1.54) is 44.9 Å². The topological polar surface area (TPSA) is 20.3 Å². The van der Waals surface area contributed by atoms with Gasteiger partial charge in [0.2, 0.25) is 5.91 Å². The molecule has 0 bridgehead atoms. The van der Waals surface area contributed by atoms with Crippen molar-refractivity contribution in [3.05, 3.63) is 0 Å². The highest BCUT2D eigenvalue weighted by Crippen LogP contribution is 2.58. The minimum absolute atomic E-state index is 0.448. The van der Waals surface area contributed by atoms with Crippen LogP contribution in [0.1, 0.15) is 51.9 Å². The second-order valence-electron chi connectivity index (χ2n) is 6.37. The number of amides is 1. The molecular weight excluding hydrogens is 210 g/mol. The van der Waals surface area contributed by atoms with Gasteiger partial charge in [-0.2, -0.15) is 0 Å². The van der Waals surface area contributed by atoms with E-state index in [4.69, 9.17) is 0 Å². The van der Waals surface area contributed by atoms with Crippen molar-refractivity contribution in [2.24, 2.45) is 23.7 Å². The largest absolute Gasteiger partial charge is 0.342 e. The predicted molar refractivity (Wildman–Crippen MR) is 68.5 cm³/mol. The fourth-order valence-corrected chi connectivity index (χ4v) is 4.31. The molecule has 3 aliphatic rings. The molecule has 0 aromatic carbocycles. The summed E-state index contributed by atoms with van der Waals surface area (Å²) in [6.45, 7) is 4.35. The third-order valence-corrected chi connectivity index (χ3v) is 5.22. The van der Waals surface area contributed by atoms with Gasteiger partial charge in [0.15, 0.2) is 0 Å². The SMILES string of the molecule is CCCC1CCCN(C(=O)C2C3CCCC32)C1. The number of likely N-dealkylation sites (tertiary alicyclic amines) is 1. The van der Waals surface area contributed by atoms with E-state index >= 15 is 0 Å². The molecule has 3 rings (SSSR count). The first-order valence-corrected chi connectivity index (χ1v) is 7.60. The maximum Gasteiger partial charge on any atom is 0.226 e. The molecule has 2 nitrogen and oxygen atoms in total. The van der Waals surface area contributed by atoms with Gasteiger partial charge in [-0.25, -0.2) is 0 Å². The summed E-state index contributed by atoms with van der Waals surface area (Å²) in [5.41, 5.74) is 0. The Labute approximate surface area is 105 Å². The molecule has 1 saturated heterocycles. The van der Waals surface area contributed by atoms with Crippen LogP contribution in [-0.4, -0.2) is 23.9 Å². The molecule has 0 N–H and O–H groups in total. The smallest absolute Gasteiger partial charge is 0.226 e. The average molecular weight is 235 g/mol. The highest BCUT2D eigenvalue weighted by atomic mass is 16.2. The predicted octanol–water partition coefficient (Wildman–Crippen LogP) is 3.07. The van der Waals surface area contributed by atoms with Crippen molar-refractivity contribution in [3.63, 3.8) is 0 Å². The second kappa shape index (κ2) is 4.62. The number of nitrogens with zero attached hydrogens (tertiary/aromatic N) is 1. The molecule has 0 spiro atoms. The van der Waals surface area contributed by atoms with Gasteiger partial charge in [-0.15, -0.1) is 0 Å². The van der Waals surface area contributed by atoms with Crippen LogP contribution in [0, 0.1) is 23.7 Å². The van der Waals surface area contributed by atoms with Gasteiger partial charge in [-0.3, -0.25) is 4.79 Å². The van der Waals surface area contributed by atoms with Gasteiger partial charge in [0, 0.05) is 19.0 Å². The molecule has 0 aromatic heterocycles. The summed E-state index contributed by atoms with van der Waals surface area (Å²) in [6, 6.07) is 0. The molecule has 3 fully saturated rings. The first-order valence-electron chi connectivity index (χ1n) is 7.60. The van der Waals surface area contributed by atoms with Crippen molar-refractivity contribution >= 4 is 5.91 Å². The Morgan fingerprint density at radius 1 is 1.18 bits per heavy atom. The Bertz CT molecular complexity index is 289. The highest BCUT2D eigenvalue weighted by Gasteiger charge is 2.57. The molecule has 2 saturated carbocycles. The highest BCUT2D eigenvalue weighted by molar-refractivity contribution is 5.82. The third kappa shape index (κ3) is 2.11. The number of hydrogen-bond acceptors (Lipinski definition) is 1. The molecule has 1 heterocycles. The minimum Gasteiger partial charge on any atom is -0.342 e. The molecule has 2 heteroatoms. The van der Waals surface area contributed by atoms with Crippen LogP contribution in [0.15, 0.2) is 0 Å². The van der Waals surface area contributed by atoms with Crippen LogP contribution in [0.2, 0.25) is 0 Å². The van der Waals surface area contributed by atoms with Gasteiger partial charge in [0.25, 0.3) is 0 Å². The first kappa shape index (κ1) is 11.6. The summed E-state index contributed by atoms with van der Waals surface area (Å²) in [6.07, 6.45) is 9.18. The fraction of sp³-hybridized carbons (Fsp3) is 0.933. The van der Waals surface area contributed by atoms with Crippen molar-refractivity contribution in [1.29, 1.82) is 0 Å². The summed E-state index contributed by atoms with van der Waals surface area (Å²) in [5, 5.41) is 0. The number of fused-ring (bicyclic) bond motifs is 1. The Kier molecular flexibility index (Phi) is 3.14. The lowest BCUT2D eigenvalue weighted by atomic mass is 9.93. The van der Waals surface area contributed by atoms with Crippen molar-refractivity contribution in [2.75, 3.05) is 13.1 Å². The summed E-state index contributed by atoms with van der Waals surface area (Å²) in [5.74, 6) is 3.32. The number of carbonyl (C=O) groups is 1. The monoisotopic (exact) mass is 235 g/mol. The van der Waals surface area contributed by atoms with E-state index in [0.29, 0.717) is 11.8 Å². The lowest BCUT2D eigenvalue weighted by Crippen LogP contribution is -2.41. The normalized spacial score (nSPS) is 40.2. The summed E-state index contributed by atoms with van der Waals surface area (Å²) < 4.78 is 0. The van der Waals surface area contributed by atoms with Crippen molar-refractivity contribution in [3.8, 4) is 0 Å². The zero-order chi connectivity index (χ0) is 11.8.